The lowest BCUT2D eigenvalue weighted by molar-refractivity contribution is -0.150. The van der Waals surface area contributed by atoms with E-state index in [1.807, 2.05) is 0 Å². The van der Waals surface area contributed by atoms with Gasteiger partial charge in [0.15, 0.2) is 12.2 Å². The Morgan fingerprint density at radius 3 is 1.86 bits per heavy atom. The molecule has 0 heterocycles. The molecule has 1 aliphatic rings. The molecule has 0 aromatic heterocycles. The number of carbonyl (C=O) groups excluding carboxylic acids is 4. The summed E-state index contributed by atoms with van der Waals surface area (Å²) in [5, 5.41) is 5.11. The van der Waals surface area contributed by atoms with E-state index in [1.54, 1.807) is 50.3 Å². The summed E-state index contributed by atoms with van der Waals surface area (Å²) >= 11 is 0. The van der Waals surface area contributed by atoms with Gasteiger partial charge < -0.3 is 28.4 Å². The highest BCUT2D eigenvalue weighted by molar-refractivity contribution is 5.84. The van der Waals surface area contributed by atoms with E-state index in [0.29, 0.717) is 35.7 Å². The fourth-order valence-electron chi connectivity index (χ4n) is 2.89. The molecule has 1 aromatic carbocycles. The van der Waals surface area contributed by atoms with Gasteiger partial charge in [-0.15, -0.1) is 0 Å². The number of amides is 2. The Labute approximate surface area is 208 Å². The van der Waals surface area contributed by atoms with E-state index in [-0.39, 0.29) is 13.2 Å². The first kappa shape index (κ1) is 28.0. The average Bonchev–Trinajstić information content (AvgIpc) is 2.87. The van der Waals surface area contributed by atoms with Gasteiger partial charge in [0, 0.05) is 17.8 Å². The summed E-state index contributed by atoms with van der Waals surface area (Å²) in [5.74, 6) is 0.0474. The van der Waals surface area contributed by atoms with Gasteiger partial charge in [-0.05, 0) is 56.7 Å². The number of ether oxygens (including phenoxy) is 6. The highest BCUT2D eigenvalue weighted by atomic mass is 16.6. The molecule has 0 bridgehead atoms. The predicted molar refractivity (Wildman–Crippen MR) is 126 cm³/mol. The molecule has 2 amide bonds. The number of carbonyl (C=O) groups is 4. The minimum absolute atomic E-state index is 0.147. The van der Waals surface area contributed by atoms with Crippen molar-refractivity contribution in [3.05, 3.63) is 47.9 Å². The fraction of sp³-hybridized carbons (Fsp3) is 0.417. The van der Waals surface area contributed by atoms with E-state index >= 15 is 0 Å². The maximum absolute atomic E-state index is 11.9. The summed E-state index contributed by atoms with van der Waals surface area (Å²) in [6, 6.07) is 6.30. The van der Waals surface area contributed by atoms with Crippen LogP contribution in [0, 0.1) is 0 Å². The van der Waals surface area contributed by atoms with Crippen LogP contribution in [0.25, 0.3) is 0 Å². The smallest absolute Gasteiger partial charge is 0.411 e. The molecule has 0 aliphatic heterocycles. The number of rotatable bonds is 11. The molecule has 2 atom stereocenters. The van der Waals surface area contributed by atoms with Gasteiger partial charge in [-0.25, -0.2) is 19.2 Å². The average molecular weight is 507 g/mol. The fourth-order valence-corrected chi connectivity index (χ4v) is 2.89. The third-order valence-corrected chi connectivity index (χ3v) is 4.73. The van der Waals surface area contributed by atoms with Gasteiger partial charge in [-0.2, -0.15) is 0 Å². The largest absolute Gasteiger partial charge is 0.483 e. The zero-order valence-corrected chi connectivity index (χ0v) is 20.5. The highest BCUT2D eigenvalue weighted by Gasteiger charge is 2.18. The molecule has 1 aromatic rings. The van der Waals surface area contributed by atoms with Crippen molar-refractivity contribution in [1.82, 2.24) is 5.32 Å². The summed E-state index contributed by atoms with van der Waals surface area (Å²) < 4.78 is 30.1. The van der Waals surface area contributed by atoms with Crippen molar-refractivity contribution in [3.63, 3.8) is 0 Å². The SMILES string of the molecule is COC(=O)C(C)OC1=CC=C(NC(=O)OCCOC(=O)Nc2ccc(OC(C)C(=O)OC)cc2)CC1. The standard InChI is InChI=1S/C24H30N2O10/c1-15(21(27)31-3)35-19-9-5-17(6-10-19)25-23(29)33-13-14-34-24(30)26-18-7-11-20(12-8-18)36-16(2)22(28)32-4/h5-7,9-11,15-16H,8,12-14H2,1-4H3,(H,25,29)(H,26,30). The summed E-state index contributed by atoms with van der Waals surface area (Å²) in [5.41, 5.74) is 1.06. The molecule has 0 radical (unpaired) electrons. The molecule has 12 nitrogen and oxygen atoms in total. The second kappa shape index (κ2) is 14.2. The maximum Gasteiger partial charge on any atom is 0.411 e. The minimum atomic E-state index is -0.768. The lowest BCUT2D eigenvalue weighted by Crippen LogP contribution is -2.27. The van der Waals surface area contributed by atoms with E-state index in [0.717, 1.165) is 0 Å². The molecule has 2 unspecified atom stereocenters. The Balaban J connectivity index is 1.65. The lowest BCUT2D eigenvalue weighted by atomic mass is 10.1. The van der Waals surface area contributed by atoms with Crippen molar-refractivity contribution < 1.29 is 47.6 Å². The number of nitrogens with one attached hydrogen (secondary N) is 2. The highest BCUT2D eigenvalue weighted by Crippen LogP contribution is 2.20. The van der Waals surface area contributed by atoms with Crippen molar-refractivity contribution in [1.29, 1.82) is 0 Å². The number of hydrogen-bond acceptors (Lipinski definition) is 10. The van der Waals surface area contributed by atoms with Crippen LogP contribution in [0.1, 0.15) is 26.7 Å². The maximum atomic E-state index is 11.9. The number of alkyl carbamates (subject to hydrolysis) is 1. The van der Waals surface area contributed by atoms with Crippen LogP contribution in [-0.2, 0) is 33.3 Å². The van der Waals surface area contributed by atoms with Crippen molar-refractivity contribution >= 4 is 29.8 Å². The third-order valence-electron chi connectivity index (χ3n) is 4.73. The monoisotopic (exact) mass is 506 g/mol. The Morgan fingerprint density at radius 2 is 1.33 bits per heavy atom. The molecular formula is C24H30N2O10. The lowest BCUT2D eigenvalue weighted by Gasteiger charge is -2.19. The minimum Gasteiger partial charge on any atom is -0.483 e. The van der Waals surface area contributed by atoms with Gasteiger partial charge in [-0.1, -0.05) is 0 Å². The van der Waals surface area contributed by atoms with Crippen molar-refractivity contribution in [2.75, 3.05) is 32.8 Å². The second-order valence-electron chi connectivity index (χ2n) is 7.44. The first-order valence-corrected chi connectivity index (χ1v) is 11.1. The van der Waals surface area contributed by atoms with Crippen molar-refractivity contribution in [2.45, 2.75) is 38.9 Å². The molecule has 196 valence electrons. The molecule has 2 rings (SSSR count). The number of allylic oxidation sites excluding steroid dienone is 4. The normalized spacial score (nSPS) is 14.1. The summed E-state index contributed by atoms with van der Waals surface area (Å²) in [6.45, 7) is 2.84. The van der Waals surface area contributed by atoms with E-state index in [4.69, 9.17) is 18.9 Å². The Hall–Kier alpha value is -4.22. The van der Waals surface area contributed by atoms with Crippen LogP contribution in [0.15, 0.2) is 47.9 Å². The van der Waals surface area contributed by atoms with Gasteiger partial charge in [0.25, 0.3) is 0 Å². The molecule has 36 heavy (non-hydrogen) atoms. The molecule has 0 saturated carbocycles. The zero-order valence-electron chi connectivity index (χ0n) is 20.5. The number of esters is 2. The van der Waals surface area contributed by atoms with Crippen molar-refractivity contribution in [3.8, 4) is 5.75 Å². The molecule has 0 saturated heterocycles. The molecule has 2 N–H and O–H groups in total. The quantitative estimate of drug-likeness (QED) is 0.261. The van der Waals surface area contributed by atoms with Gasteiger partial charge in [-0.3, -0.25) is 10.6 Å². The first-order chi connectivity index (χ1) is 17.2. The number of methoxy groups -OCH3 is 2. The van der Waals surface area contributed by atoms with E-state index in [2.05, 4.69) is 20.1 Å². The predicted octanol–water partition coefficient (Wildman–Crippen LogP) is 3.04. The van der Waals surface area contributed by atoms with Gasteiger partial charge >= 0.3 is 24.1 Å². The van der Waals surface area contributed by atoms with Gasteiger partial charge in [0.1, 0.15) is 19.0 Å². The molecule has 0 spiro atoms. The summed E-state index contributed by atoms with van der Waals surface area (Å²) in [6.07, 6.45) is 1.38. The van der Waals surface area contributed by atoms with Gasteiger partial charge in [0.05, 0.1) is 20.0 Å². The van der Waals surface area contributed by atoms with Crippen LogP contribution in [0.5, 0.6) is 5.75 Å². The Bertz CT molecular complexity index is 987. The topological polar surface area (TPSA) is 148 Å². The van der Waals surface area contributed by atoms with E-state index < -0.39 is 36.3 Å². The zero-order chi connectivity index (χ0) is 26.5. The molecule has 12 heteroatoms. The third kappa shape index (κ3) is 9.57. The van der Waals surface area contributed by atoms with Crippen LogP contribution in [-0.4, -0.2) is 63.8 Å². The van der Waals surface area contributed by atoms with Crippen molar-refractivity contribution in [2.24, 2.45) is 0 Å². The second-order valence-corrected chi connectivity index (χ2v) is 7.44. The molecule has 0 fully saturated rings. The summed E-state index contributed by atoms with van der Waals surface area (Å²) in [7, 11) is 2.56. The van der Waals surface area contributed by atoms with Crippen LogP contribution in [0.3, 0.4) is 0 Å². The van der Waals surface area contributed by atoms with E-state index in [9.17, 15) is 19.2 Å². The van der Waals surface area contributed by atoms with Crippen LogP contribution in [0.2, 0.25) is 0 Å². The summed E-state index contributed by atoms with van der Waals surface area (Å²) in [4.78, 5) is 46.6. The first-order valence-electron chi connectivity index (χ1n) is 11.1. The van der Waals surface area contributed by atoms with Crippen LogP contribution >= 0.6 is 0 Å². The molecule has 1 aliphatic carbocycles. The van der Waals surface area contributed by atoms with Gasteiger partial charge in [0.2, 0.25) is 0 Å². The molecular weight excluding hydrogens is 476 g/mol. The van der Waals surface area contributed by atoms with Crippen LogP contribution < -0.4 is 15.4 Å². The van der Waals surface area contributed by atoms with Crippen LogP contribution in [0.4, 0.5) is 15.3 Å². The number of hydrogen-bond donors (Lipinski definition) is 2. The Morgan fingerprint density at radius 1 is 0.778 bits per heavy atom. The number of anilines is 1. The van der Waals surface area contributed by atoms with E-state index in [1.165, 1.54) is 14.2 Å². The number of benzene rings is 1. The Kier molecular flexibility index (Phi) is 11.1.